The van der Waals surface area contributed by atoms with E-state index in [1.165, 1.54) is 0 Å². The quantitative estimate of drug-likeness (QED) is 0.212. The zero-order valence-electron chi connectivity index (χ0n) is 23.7. The lowest BCUT2D eigenvalue weighted by Gasteiger charge is -2.29. The summed E-state index contributed by atoms with van der Waals surface area (Å²) in [5.41, 5.74) is 5.63. The lowest BCUT2D eigenvalue weighted by molar-refractivity contribution is -0.115. The third kappa shape index (κ3) is 6.60. The van der Waals surface area contributed by atoms with Crippen LogP contribution in [0.2, 0.25) is 0 Å². The SMILES string of the molecule is CCC(=O)Nc1ccc(NC(=O)Nc2ccc(-c3nc(N4CCOCC4)c4ccc(-c5cccnc5)cc4n3)cc2)cc1. The molecule has 0 aliphatic carbocycles. The monoisotopic (exact) mass is 573 g/mol. The smallest absolute Gasteiger partial charge is 0.323 e. The number of carbonyl (C=O) groups excluding carboxylic acids is 2. The molecule has 0 bridgehead atoms. The summed E-state index contributed by atoms with van der Waals surface area (Å²) in [7, 11) is 0. The molecule has 216 valence electrons. The average molecular weight is 574 g/mol. The first-order chi connectivity index (χ1) is 21.1. The van der Waals surface area contributed by atoms with Crippen LogP contribution < -0.4 is 20.9 Å². The molecule has 2 aromatic heterocycles. The van der Waals surface area contributed by atoms with Gasteiger partial charge in [-0.15, -0.1) is 0 Å². The van der Waals surface area contributed by atoms with Crippen molar-refractivity contribution in [3.63, 3.8) is 0 Å². The molecule has 3 aromatic carbocycles. The van der Waals surface area contributed by atoms with Gasteiger partial charge in [-0.2, -0.15) is 0 Å². The third-order valence-corrected chi connectivity index (χ3v) is 7.13. The van der Waals surface area contributed by atoms with Gasteiger partial charge in [0.2, 0.25) is 5.91 Å². The van der Waals surface area contributed by atoms with Gasteiger partial charge in [0.1, 0.15) is 5.82 Å². The van der Waals surface area contributed by atoms with Crippen molar-refractivity contribution >= 4 is 45.7 Å². The molecule has 3 amide bonds. The molecule has 3 N–H and O–H groups in total. The molecule has 0 spiro atoms. The number of fused-ring (bicyclic) bond motifs is 1. The molecule has 43 heavy (non-hydrogen) atoms. The number of nitrogens with one attached hydrogen (secondary N) is 3. The van der Waals surface area contributed by atoms with Crippen LogP contribution in [0.15, 0.2) is 91.3 Å². The highest BCUT2D eigenvalue weighted by Crippen LogP contribution is 2.31. The Kier molecular flexibility index (Phi) is 8.19. The molecule has 1 aliphatic rings. The summed E-state index contributed by atoms with van der Waals surface area (Å²) in [6.45, 7) is 4.60. The second-order valence-electron chi connectivity index (χ2n) is 10.1. The predicted molar refractivity (Wildman–Crippen MR) is 169 cm³/mol. The van der Waals surface area contributed by atoms with Gasteiger partial charge in [0.15, 0.2) is 5.82 Å². The highest BCUT2D eigenvalue weighted by atomic mass is 16.5. The van der Waals surface area contributed by atoms with Crippen LogP contribution in [-0.2, 0) is 9.53 Å². The van der Waals surface area contributed by atoms with Crippen LogP contribution in [0.25, 0.3) is 33.4 Å². The number of rotatable bonds is 7. The van der Waals surface area contributed by atoms with Gasteiger partial charge in [0, 0.05) is 65.5 Å². The van der Waals surface area contributed by atoms with Crippen LogP contribution in [0.1, 0.15) is 13.3 Å². The van der Waals surface area contributed by atoms with Crippen molar-refractivity contribution in [1.82, 2.24) is 15.0 Å². The van der Waals surface area contributed by atoms with Crippen LogP contribution in [0.3, 0.4) is 0 Å². The van der Waals surface area contributed by atoms with E-state index in [2.05, 4.69) is 44.0 Å². The Hall–Kier alpha value is -5.35. The maximum Gasteiger partial charge on any atom is 0.323 e. The molecule has 0 atom stereocenters. The molecule has 0 saturated carbocycles. The summed E-state index contributed by atoms with van der Waals surface area (Å²) in [4.78, 5) is 40.6. The summed E-state index contributed by atoms with van der Waals surface area (Å²) in [6, 6.07) is 24.2. The number of nitrogens with zero attached hydrogens (tertiary/aromatic N) is 4. The van der Waals surface area contributed by atoms with Crippen LogP contribution in [0, 0.1) is 0 Å². The van der Waals surface area contributed by atoms with E-state index in [-0.39, 0.29) is 11.9 Å². The minimum Gasteiger partial charge on any atom is -0.378 e. The summed E-state index contributed by atoms with van der Waals surface area (Å²) in [5, 5.41) is 9.43. The first kappa shape index (κ1) is 27.8. The average Bonchev–Trinajstić information content (AvgIpc) is 3.06. The van der Waals surface area contributed by atoms with E-state index in [9.17, 15) is 9.59 Å². The van der Waals surface area contributed by atoms with Gasteiger partial charge in [-0.05, 0) is 72.3 Å². The van der Waals surface area contributed by atoms with Crippen molar-refractivity contribution in [2.75, 3.05) is 47.2 Å². The van der Waals surface area contributed by atoms with Gasteiger partial charge in [0.25, 0.3) is 0 Å². The number of carbonyl (C=O) groups is 2. The van der Waals surface area contributed by atoms with E-state index in [1.54, 1.807) is 37.4 Å². The Bertz CT molecular complexity index is 1740. The van der Waals surface area contributed by atoms with E-state index in [1.807, 2.05) is 42.6 Å². The minimum atomic E-state index is -0.377. The largest absolute Gasteiger partial charge is 0.378 e. The van der Waals surface area contributed by atoms with Crippen LogP contribution in [-0.4, -0.2) is 53.2 Å². The Morgan fingerprint density at radius 2 is 1.44 bits per heavy atom. The van der Waals surface area contributed by atoms with Gasteiger partial charge in [0.05, 0.1) is 18.7 Å². The topological polar surface area (TPSA) is 121 Å². The summed E-state index contributed by atoms with van der Waals surface area (Å²) in [6.07, 6.45) is 4.00. The number of aromatic nitrogens is 3. The first-order valence-electron chi connectivity index (χ1n) is 14.2. The maximum absolute atomic E-state index is 12.6. The molecule has 1 saturated heterocycles. The standard InChI is InChI=1S/C33H31N7O3/c1-2-30(41)35-25-10-12-27(13-11-25)37-33(42)36-26-8-5-22(6-9-26)31-38-29-20-23(24-4-3-15-34-21-24)7-14-28(29)32(39-31)40-16-18-43-19-17-40/h3-15,20-21H,2,16-19H2,1H3,(H,35,41)(H2,36,37,42). The molecule has 6 rings (SSSR count). The van der Waals surface area contributed by atoms with Crippen LogP contribution >= 0.6 is 0 Å². The van der Waals surface area contributed by atoms with E-state index >= 15 is 0 Å². The molecule has 10 nitrogen and oxygen atoms in total. The predicted octanol–water partition coefficient (Wildman–Crippen LogP) is 6.19. The van der Waals surface area contributed by atoms with Crippen molar-refractivity contribution in [3.05, 3.63) is 91.3 Å². The number of pyridine rings is 1. The second kappa shape index (κ2) is 12.7. The van der Waals surface area contributed by atoms with Crippen molar-refractivity contribution < 1.29 is 14.3 Å². The minimum absolute atomic E-state index is 0.0669. The Morgan fingerprint density at radius 3 is 2.09 bits per heavy atom. The zero-order chi connectivity index (χ0) is 29.6. The highest BCUT2D eigenvalue weighted by Gasteiger charge is 2.19. The fraction of sp³-hybridized carbons (Fsp3) is 0.182. The number of amides is 3. The summed E-state index contributed by atoms with van der Waals surface area (Å²) < 4.78 is 5.58. The lowest BCUT2D eigenvalue weighted by Crippen LogP contribution is -2.37. The number of ether oxygens (including phenoxy) is 1. The summed E-state index contributed by atoms with van der Waals surface area (Å²) in [5.74, 6) is 1.41. The third-order valence-electron chi connectivity index (χ3n) is 7.13. The number of benzene rings is 3. The zero-order valence-corrected chi connectivity index (χ0v) is 23.7. The van der Waals surface area contributed by atoms with E-state index in [0.717, 1.165) is 46.5 Å². The van der Waals surface area contributed by atoms with E-state index < -0.39 is 0 Å². The van der Waals surface area contributed by atoms with Crippen LogP contribution in [0.5, 0.6) is 0 Å². The van der Waals surface area contributed by atoms with Gasteiger partial charge >= 0.3 is 6.03 Å². The van der Waals surface area contributed by atoms with E-state index in [0.29, 0.717) is 42.5 Å². The second-order valence-corrected chi connectivity index (χ2v) is 10.1. The van der Waals surface area contributed by atoms with E-state index in [4.69, 9.17) is 14.7 Å². The molecule has 1 aliphatic heterocycles. The van der Waals surface area contributed by atoms with Gasteiger partial charge < -0.3 is 25.6 Å². The van der Waals surface area contributed by atoms with Crippen LogP contribution in [0.4, 0.5) is 27.7 Å². The number of urea groups is 1. The fourth-order valence-corrected chi connectivity index (χ4v) is 4.85. The maximum atomic E-state index is 12.6. The molecule has 0 unspecified atom stereocenters. The number of hydrogen-bond acceptors (Lipinski definition) is 7. The van der Waals surface area contributed by atoms with Crippen molar-refractivity contribution in [3.8, 4) is 22.5 Å². The van der Waals surface area contributed by atoms with Gasteiger partial charge in [-0.1, -0.05) is 19.1 Å². The number of hydrogen-bond donors (Lipinski definition) is 3. The molecular weight excluding hydrogens is 542 g/mol. The Balaban J connectivity index is 1.22. The molecule has 10 heteroatoms. The van der Waals surface area contributed by atoms with Crippen molar-refractivity contribution in [1.29, 1.82) is 0 Å². The van der Waals surface area contributed by atoms with Gasteiger partial charge in [-0.3, -0.25) is 9.78 Å². The molecule has 5 aromatic rings. The first-order valence-corrected chi connectivity index (χ1v) is 14.2. The molecule has 0 radical (unpaired) electrons. The normalized spacial score (nSPS) is 13.0. The fourth-order valence-electron chi connectivity index (χ4n) is 4.85. The number of anilines is 4. The van der Waals surface area contributed by atoms with Crippen molar-refractivity contribution in [2.45, 2.75) is 13.3 Å². The molecule has 3 heterocycles. The Labute approximate surface area is 249 Å². The Morgan fingerprint density at radius 1 is 0.791 bits per heavy atom. The lowest BCUT2D eigenvalue weighted by atomic mass is 10.0. The molecule has 1 fully saturated rings. The molecular formula is C33H31N7O3. The highest BCUT2D eigenvalue weighted by molar-refractivity contribution is 6.00. The van der Waals surface area contributed by atoms with Gasteiger partial charge in [-0.25, -0.2) is 14.8 Å². The summed E-state index contributed by atoms with van der Waals surface area (Å²) >= 11 is 0. The number of morpholine rings is 1. The van der Waals surface area contributed by atoms with Crippen molar-refractivity contribution in [2.24, 2.45) is 0 Å².